The molecule has 0 saturated heterocycles. The van der Waals surface area contributed by atoms with Crippen LogP contribution in [0.5, 0.6) is 0 Å². The lowest BCUT2D eigenvalue weighted by Gasteiger charge is -2.22. The molecular formula is C18H25NO3. The Morgan fingerprint density at radius 3 is 2.36 bits per heavy atom. The fourth-order valence-corrected chi connectivity index (χ4v) is 3.02. The van der Waals surface area contributed by atoms with Gasteiger partial charge in [-0.2, -0.15) is 0 Å². The van der Waals surface area contributed by atoms with Gasteiger partial charge in [0.2, 0.25) is 0 Å². The van der Waals surface area contributed by atoms with E-state index in [4.69, 9.17) is 0 Å². The van der Waals surface area contributed by atoms with E-state index in [1.165, 1.54) is 44.8 Å². The molecule has 4 heteroatoms. The molecule has 2 rings (SSSR count). The third kappa shape index (κ3) is 4.33. The first-order valence-electron chi connectivity index (χ1n) is 8.04. The molecule has 1 amide bonds. The van der Waals surface area contributed by atoms with Gasteiger partial charge in [-0.25, -0.2) is 0 Å². The van der Waals surface area contributed by atoms with Crippen molar-refractivity contribution in [3.63, 3.8) is 0 Å². The van der Waals surface area contributed by atoms with Crippen LogP contribution in [0, 0.1) is 0 Å². The van der Waals surface area contributed by atoms with Crippen LogP contribution in [-0.4, -0.2) is 37.5 Å². The summed E-state index contributed by atoms with van der Waals surface area (Å²) < 4.78 is 4.59. The number of benzene rings is 1. The molecule has 1 aliphatic rings. The number of rotatable bonds is 5. The number of amides is 1. The summed E-state index contributed by atoms with van der Waals surface area (Å²) in [5.74, 6) is 0.293. The van der Waals surface area contributed by atoms with E-state index in [0.29, 0.717) is 18.0 Å². The molecule has 0 bridgehead atoms. The maximum absolute atomic E-state index is 12.3. The summed E-state index contributed by atoms with van der Waals surface area (Å²) in [4.78, 5) is 25.0. The highest BCUT2D eigenvalue weighted by Gasteiger charge is 2.17. The summed E-state index contributed by atoms with van der Waals surface area (Å²) >= 11 is 0. The zero-order valence-electron chi connectivity index (χ0n) is 13.5. The van der Waals surface area contributed by atoms with Crippen LogP contribution in [0.15, 0.2) is 24.3 Å². The minimum Gasteiger partial charge on any atom is -0.469 e. The highest BCUT2D eigenvalue weighted by atomic mass is 16.5. The summed E-state index contributed by atoms with van der Waals surface area (Å²) in [6.45, 7) is 0.371. The van der Waals surface area contributed by atoms with Gasteiger partial charge in [0.1, 0.15) is 0 Å². The summed E-state index contributed by atoms with van der Waals surface area (Å²) in [6, 6.07) is 7.97. The molecule has 120 valence electrons. The Bertz CT molecular complexity index is 504. The third-order valence-electron chi connectivity index (χ3n) is 4.46. The highest BCUT2D eigenvalue weighted by molar-refractivity contribution is 5.94. The van der Waals surface area contributed by atoms with Crippen molar-refractivity contribution in [1.82, 2.24) is 4.90 Å². The second-order valence-corrected chi connectivity index (χ2v) is 6.01. The molecule has 4 nitrogen and oxygen atoms in total. The zero-order valence-corrected chi connectivity index (χ0v) is 13.5. The molecule has 0 aliphatic heterocycles. The predicted molar refractivity (Wildman–Crippen MR) is 85.9 cm³/mol. The SMILES string of the molecule is COC(=O)CCN(C)C(=O)c1ccc(C2CCCCC2)cc1. The van der Waals surface area contributed by atoms with Gasteiger partial charge in [0.05, 0.1) is 13.5 Å². The number of hydrogen-bond acceptors (Lipinski definition) is 3. The monoisotopic (exact) mass is 303 g/mol. The molecule has 22 heavy (non-hydrogen) atoms. The van der Waals surface area contributed by atoms with Crippen LogP contribution in [0.1, 0.15) is 60.4 Å². The number of nitrogens with zero attached hydrogens (tertiary/aromatic N) is 1. The van der Waals surface area contributed by atoms with Crippen LogP contribution in [0.4, 0.5) is 0 Å². The van der Waals surface area contributed by atoms with Crippen molar-refractivity contribution in [2.24, 2.45) is 0 Å². The number of esters is 1. The first-order valence-corrected chi connectivity index (χ1v) is 8.04. The van der Waals surface area contributed by atoms with E-state index in [1.807, 2.05) is 12.1 Å². The quantitative estimate of drug-likeness (QED) is 0.784. The Morgan fingerprint density at radius 1 is 1.14 bits per heavy atom. The average Bonchev–Trinajstić information content (AvgIpc) is 2.59. The summed E-state index contributed by atoms with van der Waals surface area (Å²) in [5.41, 5.74) is 2.01. The predicted octanol–water partition coefficient (Wildman–Crippen LogP) is 3.37. The molecule has 0 heterocycles. The van der Waals surface area contributed by atoms with E-state index in [0.717, 1.165) is 0 Å². The Morgan fingerprint density at radius 2 is 1.77 bits per heavy atom. The van der Waals surface area contributed by atoms with E-state index in [-0.39, 0.29) is 18.3 Å². The van der Waals surface area contributed by atoms with Crippen molar-refractivity contribution in [3.8, 4) is 0 Å². The number of carbonyl (C=O) groups is 2. The first-order chi connectivity index (χ1) is 10.6. The van der Waals surface area contributed by atoms with Gasteiger partial charge in [-0.15, -0.1) is 0 Å². The maximum atomic E-state index is 12.3. The van der Waals surface area contributed by atoms with Gasteiger partial charge in [0, 0.05) is 19.2 Å². The molecule has 0 aromatic heterocycles. The molecule has 1 fully saturated rings. The molecule has 1 saturated carbocycles. The van der Waals surface area contributed by atoms with E-state index < -0.39 is 0 Å². The average molecular weight is 303 g/mol. The minimum atomic E-state index is -0.299. The summed E-state index contributed by atoms with van der Waals surface area (Å²) in [7, 11) is 3.06. The topological polar surface area (TPSA) is 46.6 Å². The first kappa shape index (κ1) is 16.5. The molecule has 0 spiro atoms. The lowest BCUT2D eigenvalue weighted by atomic mass is 9.84. The second-order valence-electron chi connectivity index (χ2n) is 6.01. The molecule has 1 aliphatic carbocycles. The fourth-order valence-electron chi connectivity index (χ4n) is 3.02. The van der Waals surface area contributed by atoms with Crippen LogP contribution >= 0.6 is 0 Å². The molecule has 0 unspecified atom stereocenters. The van der Waals surface area contributed by atoms with Crippen molar-refractivity contribution in [2.45, 2.75) is 44.4 Å². The van der Waals surface area contributed by atoms with Crippen LogP contribution < -0.4 is 0 Å². The van der Waals surface area contributed by atoms with Crippen LogP contribution in [0.3, 0.4) is 0 Å². The lowest BCUT2D eigenvalue weighted by Crippen LogP contribution is -2.29. The van der Waals surface area contributed by atoms with Crippen LogP contribution in [-0.2, 0) is 9.53 Å². The number of hydrogen-bond donors (Lipinski definition) is 0. The van der Waals surface area contributed by atoms with Crippen LogP contribution in [0.2, 0.25) is 0 Å². The van der Waals surface area contributed by atoms with Gasteiger partial charge < -0.3 is 9.64 Å². The summed E-state index contributed by atoms with van der Waals surface area (Å²) in [5, 5.41) is 0. The molecule has 0 atom stereocenters. The Labute approximate surface area is 132 Å². The lowest BCUT2D eigenvalue weighted by molar-refractivity contribution is -0.140. The normalized spacial score (nSPS) is 15.4. The molecule has 1 aromatic carbocycles. The van der Waals surface area contributed by atoms with Gasteiger partial charge in [0.15, 0.2) is 0 Å². The maximum Gasteiger partial charge on any atom is 0.307 e. The standard InChI is InChI=1S/C18H25NO3/c1-19(13-12-17(20)22-2)18(21)16-10-8-15(9-11-16)14-6-4-3-5-7-14/h8-11,14H,3-7,12-13H2,1-2H3. The van der Waals surface area contributed by atoms with Gasteiger partial charge in [-0.1, -0.05) is 31.4 Å². The number of carbonyl (C=O) groups excluding carboxylic acids is 2. The van der Waals surface area contributed by atoms with Gasteiger partial charge in [-0.05, 0) is 36.5 Å². The number of ether oxygens (including phenoxy) is 1. The second kappa shape index (κ2) is 7.97. The van der Waals surface area contributed by atoms with Crippen molar-refractivity contribution >= 4 is 11.9 Å². The fraction of sp³-hybridized carbons (Fsp3) is 0.556. The number of methoxy groups -OCH3 is 1. The molecular weight excluding hydrogens is 278 g/mol. The van der Waals surface area contributed by atoms with Crippen molar-refractivity contribution < 1.29 is 14.3 Å². The van der Waals surface area contributed by atoms with E-state index in [1.54, 1.807) is 11.9 Å². The Balaban J connectivity index is 1.93. The largest absolute Gasteiger partial charge is 0.469 e. The van der Waals surface area contributed by atoms with Crippen molar-refractivity contribution in [2.75, 3.05) is 20.7 Å². The van der Waals surface area contributed by atoms with Gasteiger partial charge >= 0.3 is 5.97 Å². The minimum absolute atomic E-state index is 0.0564. The summed E-state index contributed by atoms with van der Waals surface area (Å²) in [6.07, 6.45) is 6.69. The van der Waals surface area contributed by atoms with Gasteiger partial charge in [0.25, 0.3) is 5.91 Å². The van der Waals surface area contributed by atoms with E-state index in [9.17, 15) is 9.59 Å². The Kier molecular flexibility index (Phi) is 5.99. The molecule has 1 aromatic rings. The third-order valence-corrected chi connectivity index (χ3v) is 4.46. The van der Waals surface area contributed by atoms with Crippen molar-refractivity contribution in [1.29, 1.82) is 0 Å². The highest BCUT2D eigenvalue weighted by Crippen LogP contribution is 2.32. The van der Waals surface area contributed by atoms with Crippen molar-refractivity contribution in [3.05, 3.63) is 35.4 Å². The Hall–Kier alpha value is -1.84. The smallest absolute Gasteiger partial charge is 0.307 e. The zero-order chi connectivity index (χ0) is 15.9. The van der Waals surface area contributed by atoms with Gasteiger partial charge in [-0.3, -0.25) is 9.59 Å². The van der Waals surface area contributed by atoms with Crippen LogP contribution in [0.25, 0.3) is 0 Å². The molecule has 0 N–H and O–H groups in total. The molecule has 0 radical (unpaired) electrons. The van der Waals surface area contributed by atoms with E-state index >= 15 is 0 Å². The van der Waals surface area contributed by atoms with E-state index in [2.05, 4.69) is 16.9 Å².